The van der Waals surface area contributed by atoms with E-state index in [1.807, 2.05) is 24.3 Å². The third-order valence-electron chi connectivity index (χ3n) is 6.93. The predicted octanol–water partition coefficient (Wildman–Crippen LogP) is 3.52. The van der Waals surface area contributed by atoms with Crippen molar-refractivity contribution >= 4 is 33.6 Å². The molecule has 1 aliphatic heterocycles. The maximum absolute atomic E-state index is 13.6. The monoisotopic (exact) mass is 497 g/mol. The lowest BCUT2D eigenvalue weighted by atomic mass is 9.88. The number of hydrogen-bond acceptors (Lipinski definition) is 6. The Bertz CT molecular complexity index is 1810. The summed E-state index contributed by atoms with van der Waals surface area (Å²) in [5.74, 6) is -0.189. The largest absolute Gasteiger partial charge is 0.497 e. The number of nitrogens with one attached hydrogen (secondary N) is 1. The Morgan fingerprint density at radius 3 is 2.43 bits per heavy atom. The fraction of sp³-hybridized carbons (Fsp3) is 0.179. The van der Waals surface area contributed by atoms with Crippen molar-refractivity contribution in [3.05, 3.63) is 98.8 Å². The van der Waals surface area contributed by atoms with Gasteiger partial charge in [0.25, 0.3) is 5.91 Å². The molecule has 0 radical (unpaired) electrons. The van der Waals surface area contributed by atoms with Gasteiger partial charge in [0.2, 0.25) is 0 Å². The first-order valence-electron chi connectivity index (χ1n) is 11.7. The number of fused-ring (bicyclic) bond motifs is 4. The second-order valence-corrected chi connectivity index (χ2v) is 9.01. The van der Waals surface area contributed by atoms with Gasteiger partial charge in [0.1, 0.15) is 17.1 Å². The lowest BCUT2D eigenvalue weighted by molar-refractivity contribution is -0.122. The van der Waals surface area contributed by atoms with Crippen LogP contribution < -0.4 is 26.1 Å². The maximum atomic E-state index is 13.6. The van der Waals surface area contributed by atoms with Crippen LogP contribution in [0.2, 0.25) is 0 Å². The molecule has 0 saturated carbocycles. The van der Waals surface area contributed by atoms with Crippen LogP contribution in [0.25, 0.3) is 22.0 Å². The van der Waals surface area contributed by atoms with Gasteiger partial charge in [-0.3, -0.25) is 13.9 Å². The highest BCUT2D eigenvalue weighted by atomic mass is 16.5. The van der Waals surface area contributed by atoms with Crippen LogP contribution in [0.1, 0.15) is 17.0 Å². The molecular weight excluding hydrogens is 474 g/mol. The third-order valence-corrected chi connectivity index (χ3v) is 6.93. The Morgan fingerprint density at radius 1 is 0.946 bits per heavy atom. The molecule has 3 heterocycles. The molecule has 1 aliphatic rings. The van der Waals surface area contributed by atoms with Crippen molar-refractivity contribution in [1.29, 1.82) is 0 Å². The summed E-state index contributed by atoms with van der Waals surface area (Å²) in [6.07, 6.45) is -1.05. The zero-order chi connectivity index (χ0) is 25.8. The maximum Gasteiger partial charge on any atom is 0.344 e. The molecular formula is C28H23N3O6. The zero-order valence-corrected chi connectivity index (χ0v) is 20.3. The second kappa shape index (κ2) is 8.41. The van der Waals surface area contributed by atoms with Gasteiger partial charge in [0, 0.05) is 19.8 Å². The molecule has 3 aromatic carbocycles. The summed E-state index contributed by atoms with van der Waals surface area (Å²) in [6.45, 7) is 0. The number of anilines is 1. The molecule has 2 aromatic heterocycles. The van der Waals surface area contributed by atoms with Crippen LogP contribution in [0.3, 0.4) is 0 Å². The topological polar surface area (TPSA) is 105 Å². The lowest BCUT2D eigenvalue weighted by Gasteiger charge is -2.19. The molecule has 5 aromatic rings. The van der Waals surface area contributed by atoms with E-state index in [2.05, 4.69) is 5.32 Å². The number of ether oxygens (including phenoxy) is 2. The van der Waals surface area contributed by atoms with Gasteiger partial charge in [-0.2, -0.15) is 0 Å². The number of aromatic nitrogens is 2. The molecule has 0 bridgehead atoms. The number of nitrogens with zero attached hydrogens (tertiary/aromatic N) is 2. The summed E-state index contributed by atoms with van der Waals surface area (Å²) < 4.78 is 20.1. The van der Waals surface area contributed by atoms with Crippen molar-refractivity contribution in [3.63, 3.8) is 0 Å². The summed E-state index contributed by atoms with van der Waals surface area (Å²) in [5, 5.41) is 3.49. The number of para-hydroxylation sites is 1. The molecule has 6 rings (SSSR count). The van der Waals surface area contributed by atoms with Crippen molar-refractivity contribution < 1.29 is 18.7 Å². The van der Waals surface area contributed by atoms with Crippen molar-refractivity contribution in [1.82, 2.24) is 9.13 Å². The fourth-order valence-corrected chi connectivity index (χ4v) is 5.03. The van der Waals surface area contributed by atoms with Crippen LogP contribution in [0.5, 0.6) is 11.5 Å². The van der Waals surface area contributed by atoms with Gasteiger partial charge >= 0.3 is 11.3 Å². The van der Waals surface area contributed by atoms with E-state index in [0.29, 0.717) is 39.2 Å². The number of benzene rings is 3. The van der Waals surface area contributed by atoms with Crippen LogP contribution in [0, 0.1) is 0 Å². The summed E-state index contributed by atoms with van der Waals surface area (Å²) in [4.78, 5) is 39.3. The number of carbonyl (C=O) groups excluding carboxylic acids is 1. The molecule has 0 fully saturated rings. The van der Waals surface area contributed by atoms with Crippen molar-refractivity contribution in [3.8, 4) is 11.5 Å². The number of amides is 1. The number of aryl methyl sites for hydroxylation is 2. The van der Waals surface area contributed by atoms with Crippen molar-refractivity contribution in [2.24, 2.45) is 14.1 Å². The Balaban J connectivity index is 1.51. The Morgan fingerprint density at radius 2 is 1.68 bits per heavy atom. The molecule has 186 valence electrons. The number of carbonyl (C=O) groups is 1. The van der Waals surface area contributed by atoms with Gasteiger partial charge in [-0.05, 0) is 54.1 Å². The van der Waals surface area contributed by atoms with Gasteiger partial charge in [0.15, 0.2) is 6.10 Å². The first kappa shape index (κ1) is 22.7. The van der Waals surface area contributed by atoms with E-state index in [9.17, 15) is 14.4 Å². The summed E-state index contributed by atoms with van der Waals surface area (Å²) >= 11 is 0. The quantitative estimate of drug-likeness (QED) is 0.381. The van der Waals surface area contributed by atoms with Gasteiger partial charge in [0.05, 0.1) is 35.0 Å². The number of hydrogen-bond donors (Lipinski definition) is 1. The van der Waals surface area contributed by atoms with Gasteiger partial charge in [-0.25, -0.2) is 9.59 Å². The van der Waals surface area contributed by atoms with Crippen LogP contribution in [0.15, 0.2) is 80.7 Å². The minimum Gasteiger partial charge on any atom is -0.497 e. The average molecular weight is 498 g/mol. The average Bonchev–Trinajstić information content (AvgIpc) is 3.42. The van der Waals surface area contributed by atoms with Gasteiger partial charge < -0.3 is 19.2 Å². The first-order chi connectivity index (χ1) is 17.9. The molecule has 9 heteroatoms. The number of methoxy groups -OCH3 is 1. The third kappa shape index (κ3) is 3.50. The summed E-state index contributed by atoms with van der Waals surface area (Å²) in [5.41, 5.74) is 2.54. The van der Waals surface area contributed by atoms with Crippen LogP contribution in [-0.4, -0.2) is 28.3 Å². The lowest BCUT2D eigenvalue weighted by Crippen LogP contribution is -2.35. The zero-order valence-electron chi connectivity index (χ0n) is 20.3. The normalized spacial score (nSPS) is 16.5. The Kier molecular flexibility index (Phi) is 5.15. The minimum absolute atomic E-state index is 0.172. The van der Waals surface area contributed by atoms with Crippen molar-refractivity contribution in [2.45, 2.75) is 12.0 Å². The second-order valence-electron chi connectivity index (χ2n) is 9.01. The van der Waals surface area contributed by atoms with Crippen LogP contribution in [-0.2, 0) is 18.9 Å². The van der Waals surface area contributed by atoms with Crippen LogP contribution >= 0.6 is 0 Å². The van der Waals surface area contributed by atoms with E-state index in [1.54, 1.807) is 68.2 Å². The van der Waals surface area contributed by atoms with E-state index in [-0.39, 0.29) is 11.3 Å². The molecule has 37 heavy (non-hydrogen) atoms. The fourth-order valence-electron chi connectivity index (χ4n) is 5.03. The smallest absolute Gasteiger partial charge is 0.344 e. The highest BCUT2D eigenvalue weighted by Gasteiger charge is 2.44. The molecule has 1 N–H and O–H groups in total. The van der Waals surface area contributed by atoms with Gasteiger partial charge in [-0.15, -0.1) is 0 Å². The SMILES string of the molecule is COc1ccc(NC(=O)[C@@H]2Oc3c(c(=O)oc4ccccc34)[C@H]2c2ccc3c(c2)n(C)c(=O)n3C)cc1. The van der Waals surface area contributed by atoms with E-state index >= 15 is 0 Å². The van der Waals surface area contributed by atoms with E-state index in [1.165, 1.54) is 4.57 Å². The summed E-state index contributed by atoms with van der Waals surface area (Å²) in [6, 6.07) is 19.4. The highest BCUT2D eigenvalue weighted by molar-refractivity contribution is 5.98. The standard InChI is InChI=1S/C28H23N3O6/c1-30-19-13-8-15(14-20(19)31(2)28(30)34)22-23-24(18-6-4-5-7-21(18)36-27(23)33)37-25(22)26(32)29-16-9-11-17(35-3)12-10-16/h4-14,22,25H,1-3H3,(H,29,32)/t22-,25-/m1/s1. The predicted molar refractivity (Wildman–Crippen MR) is 139 cm³/mol. The Hall–Kier alpha value is -4.79. The molecule has 0 spiro atoms. The highest BCUT2D eigenvalue weighted by Crippen LogP contribution is 2.45. The van der Waals surface area contributed by atoms with E-state index < -0.39 is 23.6 Å². The molecule has 9 nitrogen and oxygen atoms in total. The van der Waals surface area contributed by atoms with Crippen LogP contribution in [0.4, 0.5) is 5.69 Å². The first-order valence-corrected chi connectivity index (χ1v) is 11.7. The molecule has 0 saturated heterocycles. The van der Waals surface area contributed by atoms with E-state index in [4.69, 9.17) is 13.9 Å². The summed E-state index contributed by atoms with van der Waals surface area (Å²) in [7, 11) is 4.95. The molecule has 1 amide bonds. The molecule has 2 atom stereocenters. The number of imidazole rings is 1. The number of rotatable bonds is 4. The minimum atomic E-state index is -1.05. The van der Waals surface area contributed by atoms with E-state index in [0.717, 1.165) is 5.52 Å². The Labute approximate surface area is 210 Å². The van der Waals surface area contributed by atoms with Crippen molar-refractivity contribution in [2.75, 3.05) is 12.4 Å². The molecule has 0 unspecified atom stereocenters. The molecule has 0 aliphatic carbocycles. The van der Waals surface area contributed by atoms with Gasteiger partial charge in [-0.1, -0.05) is 18.2 Å².